The van der Waals surface area contributed by atoms with Crippen LogP contribution in [0.15, 0.2) is 78.5 Å². The quantitative estimate of drug-likeness (QED) is 0.583. The van der Waals surface area contributed by atoms with Crippen molar-refractivity contribution in [1.82, 2.24) is 0 Å². The van der Waals surface area contributed by atoms with Crippen LogP contribution in [0.25, 0.3) is 5.57 Å². The first kappa shape index (κ1) is 21.5. The van der Waals surface area contributed by atoms with E-state index in [0.717, 1.165) is 4.90 Å². The maximum absolute atomic E-state index is 13.4. The molecule has 0 spiro atoms. The molecule has 7 nitrogen and oxygen atoms in total. The van der Waals surface area contributed by atoms with E-state index < -0.39 is 17.6 Å². The molecule has 162 valence electrons. The highest BCUT2D eigenvalue weighted by Gasteiger charge is 2.40. The van der Waals surface area contributed by atoms with Gasteiger partial charge in [0.05, 0.1) is 22.9 Å². The van der Waals surface area contributed by atoms with Gasteiger partial charge in [-0.15, -0.1) is 0 Å². The second-order valence-electron chi connectivity index (χ2n) is 7.24. The van der Waals surface area contributed by atoms with Crippen LogP contribution < -0.4 is 15.5 Å². The molecule has 4 rings (SSSR count). The second-order valence-corrected chi connectivity index (χ2v) is 7.24. The lowest BCUT2D eigenvalue weighted by Gasteiger charge is -2.15. The lowest BCUT2D eigenvalue weighted by molar-refractivity contribution is -0.120. The molecule has 3 aromatic rings. The third-order valence-electron chi connectivity index (χ3n) is 4.95. The molecule has 0 atom stereocenters. The zero-order valence-corrected chi connectivity index (χ0v) is 17.4. The molecule has 3 amide bonds. The predicted octanol–water partition coefficient (Wildman–Crippen LogP) is 4.05. The normalized spacial score (nSPS) is 13.2. The molecular formula is C25H17FN4O3. The number of hydrogen-bond acceptors (Lipinski definition) is 5. The van der Waals surface area contributed by atoms with Crippen molar-refractivity contribution in [2.45, 2.75) is 6.92 Å². The van der Waals surface area contributed by atoms with Gasteiger partial charge in [0, 0.05) is 18.3 Å². The Balaban J connectivity index is 1.77. The molecule has 0 saturated carbocycles. The number of anilines is 3. The van der Waals surface area contributed by atoms with Gasteiger partial charge in [0.2, 0.25) is 5.91 Å². The maximum atomic E-state index is 13.4. The van der Waals surface area contributed by atoms with Gasteiger partial charge in [0.15, 0.2) is 0 Å². The first-order chi connectivity index (χ1) is 15.9. The van der Waals surface area contributed by atoms with Crippen LogP contribution in [-0.4, -0.2) is 17.7 Å². The maximum Gasteiger partial charge on any atom is 0.282 e. The van der Waals surface area contributed by atoms with Gasteiger partial charge < -0.3 is 10.6 Å². The lowest BCUT2D eigenvalue weighted by Crippen LogP contribution is -2.32. The first-order valence-electron chi connectivity index (χ1n) is 9.91. The summed E-state index contributed by atoms with van der Waals surface area (Å²) >= 11 is 0. The zero-order valence-electron chi connectivity index (χ0n) is 17.4. The highest BCUT2D eigenvalue weighted by molar-refractivity contribution is 6.46. The van der Waals surface area contributed by atoms with Gasteiger partial charge in [0.1, 0.15) is 11.5 Å². The Kier molecular flexibility index (Phi) is 5.70. The minimum Gasteiger partial charge on any atom is -0.350 e. The Labute approximate surface area is 188 Å². The molecule has 2 N–H and O–H groups in total. The van der Waals surface area contributed by atoms with E-state index in [1.165, 1.54) is 55.5 Å². The molecule has 0 saturated heterocycles. The average molecular weight is 440 g/mol. The highest BCUT2D eigenvalue weighted by Crippen LogP contribution is 2.34. The van der Waals surface area contributed by atoms with E-state index in [1.807, 2.05) is 6.07 Å². The molecule has 0 radical (unpaired) electrons. The van der Waals surface area contributed by atoms with Crippen molar-refractivity contribution >= 4 is 40.4 Å². The summed E-state index contributed by atoms with van der Waals surface area (Å²) in [5.41, 5.74) is 2.30. The Morgan fingerprint density at radius 3 is 2.06 bits per heavy atom. The molecule has 1 aliphatic rings. The Bertz CT molecular complexity index is 1320. The van der Waals surface area contributed by atoms with Gasteiger partial charge in [-0.3, -0.25) is 14.4 Å². The third-order valence-corrected chi connectivity index (χ3v) is 4.95. The first-order valence-corrected chi connectivity index (χ1v) is 9.91. The Morgan fingerprint density at radius 2 is 1.48 bits per heavy atom. The van der Waals surface area contributed by atoms with Crippen LogP contribution in [0.5, 0.6) is 0 Å². The molecule has 0 aromatic heterocycles. The van der Waals surface area contributed by atoms with E-state index >= 15 is 0 Å². The van der Waals surface area contributed by atoms with Crippen LogP contribution in [0.2, 0.25) is 0 Å². The number of amides is 3. The SMILES string of the molecule is CC(=O)Nc1ccc(C2=C(Nc3ccc(F)cc3)C(=O)N(c3ccc(C#N)cc3)C2=O)cc1. The van der Waals surface area contributed by atoms with Gasteiger partial charge in [-0.05, 0) is 66.2 Å². The molecule has 33 heavy (non-hydrogen) atoms. The molecule has 1 aliphatic heterocycles. The lowest BCUT2D eigenvalue weighted by atomic mass is 10.0. The molecule has 0 fully saturated rings. The standard InChI is InChI=1S/C25H17FN4O3/c1-15(31)28-19-8-4-17(5-9-19)22-23(29-20-10-6-18(26)7-11-20)25(33)30(24(22)32)21-12-2-16(14-27)3-13-21/h2-13,29H,1H3,(H,28,31). The fourth-order valence-electron chi connectivity index (χ4n) is 3.43. The summed E-state index contributed by atoms with van der Waals surface area (Å²) in [4.78, 5) is 39.0. The fraction of sp³-hybridized carbons (Fsp3) is 0.0400. The smallest absolute Gasteiger partial charge is 0.282 e. The van der Waals surface area contributed by atoms with Gasteiger partial charge in [0.25, 0.3) is 11.8 Å². The van der Waals surface area contributed by atoms with Crippen LogP contribution in [0, 0.1) is 17.1 Å². The molecular weight excluding hydrogens is 423 g/mol. The Morgan fingerprint density at radius 1 is 0.879 bits per heavy atom. The minimum absolute atomic E-state index is 0.0308. The van der Waals surface area contributed by atoms with Crippen LogP contribution in [0.1, 0.15) is 18.1 Å². The van der Waals surface area contributed by atoms with Crippen molar-refractivity contribution in [2.24, 2.45) is 0 Å². The van der Waals surface area contributed by atoms with E-state index in [9.17, 15) is 18.8 Å². The molecule has 0 bridgehead atoms. The topological polar surface area (TPSA) is 102 Å². The second kappa shape index (κ2) is 8.77. The van der Waals surface area contributed by atoms with Crippen LogP contribution >= 0.6 is 0 Å². The number of nitriles is 1. The van der Waals surface area contributed by atoms with Crippen LogP contribution in [-0.2, 0) is 14.4 Å². The molecule has 3 aromatic carbocycles. The van der Waals surface area contributed by atoms with E-state index in [1.54, 1.807) is 24.3 Å². The number of carbonyl (C=O) groups is 3. The van der Waals surface area contributed by atoms with Crippen molar-refractivity contribution in [3.05, 3.63) is 95.4 Å². The van der Waals surface area contributed by atoms with Gasteiger partial charge >= 0.3 is 0 Å². The summed E-state index contributed by atoms with van der Waals surface area (Å²) in [5.74, 6) is -1.81. The summed E-state index contributed by atoms with van der Waals surface area (Å²) in [7, 11) is 0. The van der Waals surface area contributed by atoms with E-state index in [2.05, 4.69) is 10.6 Å². The minimum atomic E-state index is -0.588. The predicted molar refractivity (Wildman–Crippen MR) is 121 cm³/mol. The van der Waals surface area contributed by atoms with Crippen molar-refractivity contribution < 1.29 is 18.8 Å². The highest BCUT2D eigenvalue weighted by atomic mass is 19.1. The largest absolute Gasteiger partial charge is 0.350 e. The van der Waals surface area contributed by atoms with Crippen molar-refractivity contribution in [3.63, 3.8) is 0 Å². The number of imide groups is 1. The third kappa shape index (κ3) is 4.34. The van der Waals surface area contributed by atoms with Crippen molar-refractivity contribution in [3.8, 4) is 6.07 Å². The number of rotatable bonds is 5. The summed E-state index contributed by atoms with van der Waals surface area (Å²) < 4.78 is 13.3. The monoisotopic (exact) mass is 440 g/mol. The van der Waals surface area contributed by atoms with E-state index in [0.29, 0.717) is 28.2 Å². The number of halogens is 1. The molecule has 0 aliphatic carbocycles. The van der Waals surface area contributed by atoms with E-state index in [-0.39, 0.29) is 17.2 Å². The molecule has 0 unspecified atom stereocenters. The van der Waals surface area contributed by atoms with E-state index in [4.69, 9.17) is 5.26 Å². The summed E-state index contributed by atoms with van der Waals surface area (Å²) in [6.45, 7) is 1.38. The van der Waals surface area contributed by atoms with Crippen LogP contribution in [0.4, 0.5) is 21.5 Å². The summed E-state index contributed by atoms with van der Waals surface area (Å²) in [6, 6.07) is 20.0. The summed E-state index contributed by atoms with van der Waals surface area (Å²) in [5, 5.41) is 14.6. The average Bonchev–Trinajstić information content (AvgIpc) is 3.05. The van der Waals surface area contributed by atoms with Gasteiger partial charge in [-0.25, -0.2) is 9.29 Å². The molecule has 8 heteroatoms. The number of nitrogens with zero attached hydrogens (tertiary/aromatic N) is 2. The number of benzene rings is 3. The Hall–Kier alpha value is -4.77. The number of nitrogens with one attached hydrogen (secondary N) is 2. The zero-order chi connectivity index (χ0) is 23.5. The van der Waals surface area contributed by atoms with Crippen molar-refractivity contribution in [2.75, 3.05) is 15.5 Å². The van der Waals surface area contributed by atoms with Crippen LogP contribution in [0.3, 0.4) is 0 Å². The van der Waals surface area contributed by atoms with Gasteiger partial charge in [-0.1, -0.05) is 12.1 Å². The molecule has 1 heterocycles. The van der Waals surface area contributed by atoms with Gasteiger partial charge in [-0.2, -0.15) is 5.26 Å². The van der Waals surface area contributed by atoms with Crippen molar-refractivity contribution in [1.29, 1.82) is 5.26 Å². The fourth-order valence-corrected chi connectivity index (χ4v) is 3.43. The number of hydrogen-bond donors (Lipinski definition) is 2. The number of carbonyl (C=O) groups excluding carboxylic acids is 3. The summed E-state index contributed by atoms with van der Waals surface area (Å²) in [6.07, 6.45) is 0.